The summed E-state index contributed by atoms with van der Waals surface area (Å²) < 4.78 is 120. The van der Waals surface area contributed by atoms with Crippen molar-refractivity contribution in [3.05, 3.63) is 65.2 Å². The zero-order valence-electron chi connectivity index (χ0n) is 16.9. The first-order chi connectivity index (χ1) is 15.3. The maximum atomic E-state index is 14.8. The monoisotopic (exact) mass is 517 g/mol. The van der Waals surface area contributed by atoms with Crippen LogP contribution in [0.1, 0.15) is 43.2 Å². The molecule has 0 bridgehead atoms. The molecule has 33 heavy (non-hydrogen) atoms. The summed E-state index contributed by atoms with van der Waals surface area (Å²) in [6.45, 7) is 0. The maximum Gasteiger partial charge on any atom is 0.456 e. The molecule has 0 spiro atoms. The molecule has 1 saturated carbocycles. The Morgan fingerprint density at radius 1 is 0.939 bits per heavy atom. The number of hydrogen-bond acceptors (Lipinski definition) is 3. The van der Waals surface area contributed by atoms with Gasteiger partial charge in [-0.1, -0.05) is 6.42 Å². The number of hydrogen-bond donors (Lipinski definition) is 1. The van der Waals surface area contributed by atoms with Crippen LogP contribution in [0.3, 0.4) is 0 Å². The van der Waals surface area contributed by atoms with E-state index in [-0.39, 0.29) is 42.6 Å². The Hall–Kier alpha value is -1.66. The van der Waals surface area contributed by atoms with Gasteiger partial charge in [0.1, 0.15) is 11.6 Å². The Kier molecular flexibility index (Phi) is 7.79. The molecule has 1 aliphatic carbocycles. The van der Waals surface area contributed by atoms with E-state index in [4.69, 9.17) is 0 Å². The van der Waals surface area contributed by atoms with Gasteiger partial charge < -0.3 is 0 Å². The van der Waals surface area contributed by atoms with Crippen molar-refractivity contribution < 1.29 is 39.3 Å². The molecule has 0 aromatic heterocycles. The Bertz CT molecular complexity index is 993. The van der Waals surface area contributed by atoms with E-state index < -0.39 is 62.4 Å². The van der Waals surface area contributed by atoms with Gasteiger partial charge in [0.05, 0.1) is 21.1 Å². The van der Waals surface area contributed by atoms with Crippen molar-refractivity contribution in [2.75, 3.05) is 0 Å². The molecule has 12 heteroatoms. The standard InChI is InChI=1S/C21H19F8NOS2/c22-14-5-8-18(23)17(12-14)19(10-1-2-15(9-11-19)30-32-21(27,28)29)33(31)16-6-3-13(4-7-16)20(24,25)26/h3-8,12,15,30H,1-2,9-11H2/t15?,19-,33?/m0/s1. The summed E-state index contributed by atoms with van der Waals surface area (Å²) >= 11 is -0.407. The molecule has 0 amide bonds. The lowest BCUT2D eigenvalue weighted by Gasteiger charge is -2.33. The Morgan fingerprint density at radius 3 is 2.21 bits per heavy atom. The third-order valence-electron chi connectivity index (χ3n) is 5.54. The quantitative estimate of drug-likeness (QED) is 0.261. The zero-order valence-corrected chi connectivity index (χ0v) is 18.5. The normalized spacial score (nSPS) is 23.2. The average molecular weight is 518 g/mol. The zero-order chi connectivity index (χ0) is 24.4. The van der Waals surface area contributed by atoms with E-state index in [1.54, 1.807) is 0 Å². The Balaban J connectivity index is 1.98. The van der Waals surface area contributed by atoms with Crippen LogP contribution in [-0.4, -0.2) is 15.8 Å². The molecule has 2 aromatic rings. The third-order valence-corrected chi connectivity index (χ3v) is 8.26. The fourth-order valence-electron chi connectivity index (χ4n) is 3.97. The fourth-order valence-corrected chi connectivity index (χ4v) is 6.33. The van der Waals surface area contributed by atoms with Crippen molar-refractivity contribution in [2.24, 2.45) is 0 Å². The van der Waals surface area contributed by atoms with Crippen LogP contribution < -0.4 is 4.72 Å². The van der Waals surface area contributed by atoms with E-state index in [9.17, 15) is 39.3 Å². The molecular weight excluding hydrogens is 498 g/mol. The highest BCUT2D eigenvalue weighted by molar-refractivity contribution is 7.98. The molecule has 182 valence electrons. The lowest BCUT2D eigenvalue weighted by molar-refractivity contribution is -0.137. The second kappa shape index (κ2) is 9.91. The summed E-state index contributed by atoms with van der Waals surface area (Å²) in [5.74, 6) is -1.63. The van der Waals surface area contributed by atoms with Crippen LogP contribution in [0, 0.1) is 11.6 Å². The largest absolute Gasteiger partial charge is 0.456 e. The Labute approximate surface area is 191 Å². The summed E-state index contributed by atoms with van der Waals surface area (Å²) in [6.07, 6.45) is -4.02. The maximum absolute atomic E-state index is 14.8. The highest BCUT2D eigenvalue weighted by atomic mass is 32.2. The Morgan fingerprint density at radius 2 is 1.61 bits per heavy atom. The predicted molar refractivity (Wildman–Crippen MR) is 110 cm³/mol. The minimum Gasteiger partial charge on any atom is -0.254 e. The lowest BCUT2D eigenvalue weighted by Crippen LogP contribution is -2.33. The molecule has 0 saturated heterocycles. The number of nitrogens with one attached hydrogen (secondary N) is 1. The van der Waals surface area contributed by atoms with Gasteiger partial charge in [0.15, 0.2) is 0 Å². The van der Waals surface area contributed by atoms with Crippen LogP contribution in [0.25, 0.3) is 0 Å². The molecular formula is C21H19F8NOS2. The van der Waals surface area contributed by atoms with Crippen molar-refractivity contribution in [3.63, 3.8) is 0 Å². The molecule has 2 unspecified atom stereocenters. The minimum absolute atomic E-state index is 0.0114. The first-order valence-electron chi connectivity index (χ1n) is 9.87. The van der Waals surface area contributed by atoms with E-state index in [0.717, 1.165) is 42.5 Å². The van der Waals surface area contributed by atoms with Crippen LogP contribution in [0.5, 0.6) is 0 Å². The van der Waals surface area contributed by atoms with Crippen LogP contribution in [0.4, 0.5) is 35.1 Å². The second-order valence-corrected chi connectivity index (χ2v) is 10.4. The van der Waals surface area contributed by atoms with E-state index in [2.05, 4.69) is 4.72 Å². The molecule has 2 nitrogen and oxygen atoms in total. The average Bonchev–Trinajstić information content (AvgIpc) is 2.96. The summed E-state index contributed by atoms with van der Waals surface area (Å²) in [5.41, 5.74) is -5.67. The van der Waals surface area contributed by atoms with Gasteiger partial charge in [0, 0.05) is 28.4 Å². The first kappa shape index (κ1) is 26.0. The van der Waals surface area contributed by atoms with E-state index in [0.29, 0.717) is 0 Å². The molecule has 1 aliphatic rings. The van der Waals surface area contributed by atoms with Crippen molar-refractivity contribution >= 4 is 22.7 Å². The topological polar surface area (TPSA) is 29.1 Å². The molecule has 3 rings (SSSR count). The van der Waals surface area contributed by atoms with E-state index in [1.807, 2.05) is 0 Å². The fraction of sp³-hybridized carbons (Fsp3) is 0.429. The van der Waals surface area contributed by atoms with Gasteiger partial charge in [-0.3, -0.25) is 8.93 Å². The number of benzene rings is 2. The van der Waals surface area contributed by atoms with Crippen LogP contribution in [0.2, 0.25) is 0 Å². The lowest BCUT2D eigenvalue weighted by atomic mass is 9.90. The molecule has 2 aromatic carbocycles. The second-order valence-electron chi connectivity index (χ2n) is 7.70. The van der Waals surface area contributed by atoms with Gasteiger partial charge in [-0.05, 0) is 68.1 Å². The van der Waals surface area contributed by atoms with Crippen LogP contribution in [-0.2, 0) is 21.7 Å². The highest BCUT2D eigenvalue weighted by Crippen LogP contribution is 2.45. The van der Waals surface area contributed by atoms with E-state index >= 15 is 0 Å². The van der Waals surface area contributed by atoms with Gasteiger partial charge in [0.2, 0.25) is 0 Å². The molecule has 0 aliphatic heterocycles. The molecule has 0 radical (unpaired) electrons. The highest BCUT2D eigenvalue weighted by Gasteiger charge is 2.44. The third kappa shape index (κ3) is 6.27. The molecule has 0 heterocycles. The SMILES string of the molecule is O=S(c1ccc(C(F)(F)F)cc1)[C@@]1(c2cc(F)ccc2F)CCCC(NSC(F)(F)F)CC1. The smallest absolute Gasteiger partial charge is 0.254 e. The minimum atomic E-state index is -4.61. The van der Waals surface area contributed by atoms with E-state index in [1.165, 1.54) is 0 Å². The van der Waals surface area contributed by atoms with Gasteiger partial charge in [0.25, 0.3) is 0 Å². The number of rotatable bonds is 5. The summed E-state index contributed by atoms with van der Waals surface area (Å²) in [7, 11) is -2.11. The van der Waals surface area contributed by atoms with Crippen LogP contribution >= 0.6 is 11.9 Å². The van der Waals surface area contributed by atoms with Crippen molar-refractivity contribution in [1.82, 2.24) is 4.72 Å². The van der Waals surface area contributed by atoms with Gasteiger partial charge >= 0.3 is 11.7 Å². The van der Waals surface area contributed by atoms with Crippen molar-refractivity contribution in [3.8, 4) is 0 Å². The van der Waals surface area contributed by atoms with Crippen LogP contribution in [0.15, 0.2) is 47.4 Å². The van der Waals surface area contributed by atoms with Crippen molar-refractivity contribution in [2.45, 2.75) is 59.5 Å². The summed E-state index contributed by atoms with van der Waals surface area (Å²) in [4.78, 5) is -0.0114. The molecule has 3 atom stereocenters. The summed E-state index contributed by atoms with van der Waals surface area (Å²) in [5, 5.41) is 0. The van der Waals surface area contributed by atoms with Gasteiger partial charge in [-0.2, -0.15) is 26.3 Å². The van der Waals surface area contributed by atoms with Gasteiger partial charge in [-0.25, -0.2) is 8.78 Å². The summed E-state index contributed by atoms with van der Waals surface area (Å²) in [6, 6.07) is 5.59. The first-order valence-corrected chi connectivity index (χ1v) is 11.8. The van der Waals surface area contributed by atoms with Gasteiger partial charge in [-0.15, -0.1) is 0 Å². The number of halogens is 8. The predicted octanol–water partition coefficient (Wildman–Crippen LogP) is 7.08. The molecule has 1 fully saturated rings. The number of alkyl halides is 6. The molecule has 1 N–H and O–H groups in total. The van der Waals surface area contributed by atoms with Crippen molar-refractivity contribution in [1.29, 1.82) is 0 Å².